The molecule has 0 saturated heterocycles. The van der Waals surface area contributed by atoms with Gasteiger partial charge in [0.2, 0.25) is 11.0 Å². The van der Waals surface area contributed by atoms with Crippen LogP contribution in [0.5, 0.6) is 0 Å². The number of carbonyl (C=O) groups excluding carboxylic acids is 1. The molecule has 3 rings (SSSR count). The zero-order chi connectivity index (χ0) is 17.6. The van der Waals surface area contributed by atoms with Crippen LogP contribution in [0.4, 0.5) is 5.13 Å². The summed E-state index contributed by atoms with van der Waals surface area (Å²) in [6.45, 7) is 4.91. The lowest BCUT2D eigenvalue weighted by Gasteiger charge is -2.18. The lowest BCUT2D eigenvalue weighted by atomic mass is 9.90. The van der Waals surface area contributed by atoms with Gasteiger partial charge in [-0.15, -0.1) is 20.4 Å². The van der Waals surface area contributed by atoms with Gasteiger partial charge < -0.3 is 4.57 Å². The highest BCUT2D eigenvalue weighted by molar-refractivity contribution is 7.99. The first-order valence-electron chi connectivity index (χ1n) is 8.83. The topological polar surface area (TPSA) is 85.6 Å². The van der Waals surface area contributed by atoms with Crippen LogP contribution < -0.4 is 5.32 Å². The Labute approximate surface area is 156 Å². The molecule has 1 N–H and O–H groups in total. The number of aromatic nitrogens is 5. The fourth-order valence-electron chi connectivity index (χ4n) is 3.03. The average molecular weight is 381 g/mol. The predicted octanol–water partition coefficient (Wildman–Crippen LogP) is 3.63. The molecule has 0 spiro atoms. The highest BCUT2D eigenvalue weighted by Gasteiger charge is 2.20. The van der Waals surface area contributed by atoms with E-state index in [0.29, 0.717) is 16.8 Å². The lowest BCUT2D eigenvalue weighted by Crippen LogP contribution is -2.14. The van der Waals surface area contributed by atoms with E-state index in [-0.39, 0.29) is 5.91 Å². The molecular formula is C16H24N6OS2. The molecule has 136 valence electrons. The summed E-state index contributed by atoms with van der Waals surface area (Å²) >= 11 is 2.91. The number of hydrogen-bond donors (Lipinski definition) is 1. The van der Waals surface area contributed by atoms with Gasteiger partial charge in [0.15, 0.2) is 5.16 Å². The van der Waals surface area contributed by atoms with E-state index in [9.17, 15) is 4.79 Å². The number of nitrogens with one attached hydrogen (secondary N) is 1. The van der Waals surface area contributed by atoms with Gasteiger partial charge in [0.05, 0.1) is 5.75 Å². The molecule has 0 radical (unpaired) electrons. The van der Waals surface area contributed by atoms with Crippen LogP contribution in [0.1, 0.15) is 62.2 Å². The summed E-state index contributed by atoms with van der Waals surface area (Å²) in [5.74, 6) is 1.60. The molecule has 0 atom stereocenters. The summed E-state index contributed by atoms with van der Waals surface area (Å²) < 4.78 is 2.05. The summed E-state index contributed by atoms with van der Waals surface area (Å²) in [6, 6.07) is 0. The second-order valence-corrected chi connectivity index (χ2v) is 8.25. The van der Waals surface area contributed by atoms with Crippen LogP contribution in [0, 0.1) is 6.92 Å². The molecule has 1 aliphatic carbocycles. The summed E-state index contributed by atoms with van der Waals surface area (Å²) in [5, 5.41) is 21.9. The highest BCUT2D eigenvalue weighted by atomic mass is 32.2. The van der Waals surface area contributed by atoms with Crippen molar-refractivity contribution >= 4 is 34.1 Å². The Morgan fingerprint density at radius 2 is 2.04 bits per heavy atom. The third kappa shape index (κ3) is 4.78. The average Bonchev–Trinajstić information content (AvgIpc) is 3.22. The molecule has 0 unspecified atom stereocenters. The summed E-state index contributed by atoms with van der Waals surface area (Å²) in [7, 11) is 0. The van der Waals surface area contributed by atoms with Crippen molar-refractivity contribution < 1.29 is 4.79 Å². The van der Waals surface area contributed by atoms with Crippen molar-refractivity contribution in [1.82, 2.24) is 25.0 Å². The van der Waals surface area contributed by atoms with Gasteiger partial charge >= 0.3 is 0 Å². The standard InChI is InChI=1S/C16H24N6OS2/c1-3-9-22-11(2)18-21-16(22)24-10-13(23)17-15-20-19-14(25-15)12-7-5-4-6-8-12/h12H,3-10H2,1-2H3,(H,17,20,23). The van der Waals surface area contributed by atoms with Crippen LogP contribution in [0.15, 0.2) is 5.16 Å². The molecule has 0 aliphatic heterocycles. The molecule has 0 aromatic carbocycles. The number of nitrogens with zero attached hydrogens (tertiary/aromatic N) is 5. The Morgan fingerprint density at radius 3 is 2.80 bits per heavy atom. The minimum absolute atomic E-state index is 0.0833. The molecule has 2 aromatic rings. The molecule has 1 fully saturated rings. The molecule has 0 bridgehead atoms. The van der Waals surface area contributed by atoms with Crippen LogP contribution in [0.3, 0.4) is 0 Å². The van der Waals surface area contributed by atoms with E-state index in [1.165, 1.54) is 55.2 Å². The smallest absolute Gasteiger partial charge is 0.236 e. The van der Waals surface area contributed by atoms with Crippen molar-refractivity contribution in [2.45, 2.75) is 70.0 Å². The quantitative estimate of drug-likeness (QED) is 0.738. The molecule has 1 saturated carbocycles. The maximum absolute atomic E-state index is 12.2. The fraction of sp³-hybridized carbons (Fsp3) is 0.688. The van der Waals surface area contributed by atoms with Crippen LogP contribution in [-0.2, 0) is 11.3 Å². The molecule has 1 aliphatic rings. The van der Waals surface area contributed by atoms with Crippen LogP contribution in [0.25, 0.3) is 0 Å². The SMILES string of the molecule is CCCn1c(C)nnc1SCC(=O)Nc1nnc(C2CCCCC2)s1. The van der Waals surface area contributed by atoms with E-state index < -0.39 is 0 Å². The second kappa shape index (κ2) is 8.75. The first-order valence-corrected chi connectivity index (χ1v) is 10.6. The van der Waals surface area contributed by atoms with Crippen LogP contribution in [0.2, 0.25) is 0 Å². The summed E-state index contributed by atoms with van der Waals surface area (Å²) in [6.07, 6.45) is 7.22. The first-order chi connectivity index (χ1) is 12.2. The Morgan fingerprint density at radius 1 is 1.24 bits per heavy atom. The monoisotopic (exact) mass is 380 g/mol. The van der Waals surface area contributed by atoms with E-state index in [4.69, 9.17) is 0 Å². The molecule has 2 aromatic heterocycles. The minimum Gasteiger partial charge on any atom is -0.306 e. The van der Waals surface area contributed by atoms with Crippen LogP contribution >= 0.6 is 23.1 Å². The maximum atomic E-state index is 12.2. The van der Waals surface area contributed by atoms with E-state index >= 15 is 0 Å². The number of rotatable bonds is 7. The second-order valence-electron chi connectivity index (χ2n) is 6.30. The maximum Gasteiger partial charge on any atom is 0.236 e. The normalized spacial score (nSPS) is 15.4. The van der Waals surface area contributed by atoms with Crippen molar-refractivity contribution in [2.24, 2.45) is 0 Å². The van der Waals surface area contributed by atoms with E-state index in [1.807, 2.05) is 11.5 Å². The lowest BCUT2D eigenvalue weighted by molar-refractivity contribution is -0.113. The van der Waals surface area contributed by atoms with Crippen molar-refractivity contribution in [3.05, 3.63) is 10.8 Å². The highest BCUT2D eigenvalue weighted by Crippen LogP contribution is 2.35. The van der Waals surface area contributed by atoms with Gasteiger partial charge in [-0.1, -0.05) is 49.3 Å². The molecular weight excluding hydrogens is 356 g/mol. The number of hydrogen-bond acceptors (Lipinski definition) is 7. The van der Waals surface area contributed by atoms with E-state index in [1.54, 1.807) is 0 Å². The van der Waals surface area contributed by atoms with Gasteiger partial charge in [0.25, 0.3) is 0 Å². The Balaban J connectivity index is 1.52. The van der Waals surface area contributed by atoms with Gasteiger partial charge in [0, 0.05) is 12.5 Å². The molecule has 7 nitrogen and oxygen atoms in total. The van der Waals surface area contributed by atoms with Crippen molar-refractivity contribution in [3.8, 4) is 0 Å². The zero-order valence-corrected chi connectivity index (χ0v) is 16.3. The molecule has 1 amide bonds. The van der Waals surface area contributed by atoms with Crippen molar-refractivity contribution in [2.75, 3.05) is 11.1 Å². The molecule has 9 heteroatoms. The number of anilines is 1. The minimum atomic E-state index is -0.0833. The van der Waals surface area contributed by atoms with Gasteiger partial charge in [-0.3, -0.25) is 10.1 Å². The zero-order valence-electron chi connectivity index (χ0n) is 14.7. The number of carbonyl (C=O) groups is 1. The van der Waals surface area contributed by atoms with Crippen molar-refractivity contribution in [3.63, 3.8) is 0 Å². The number of amides is 1. The van der Waals surface area contributed by atoms with Crippen LogP contribution in [-0.4, -0.2) is 36.6 Å². The van der Waals surface area contributed by atoms with Gasteiger partial charge in [-0.25, -0.2) is 0 Å². The summed E-state index contributed by atoms with van der Waals surface area (Å²) in [5.41, 5.74) is 0. The number of aryl methyl sites for hydroxylation is 1. The predicted molar refractivity (Wildman–Crippen MR) is 100 cm³/mol. The van der Waals surface area contributed by atoms with Crippen molar-refractivity contribution in [1.29, 1.82) is 0 Å². The van der Waals surface area contributed by atoms with E-state index in [2.05, 4.69) is 32.6 Å². The fourth-order valence-corrected chi connectivity index (χ4v) is 4.77. The van der Waals surface area contributed by atoms with Gasteiger partial charge in [0.1, 0.15) is 10.8 Å². The Hall–Kier alpha value is -1.48. The third-order valence-corrected chi connectivity index (χ3v) is 6.29. The Bertz CT molecular complexity index is 707. The molecule has 2 heterocycles. The van der Waals surface area contributed by atoms with E-state index in [0.717, 1.165) is 29.0 Å². The Kier molecular flexibility index (Phi) is 6.41. The third-order valence-electron chi connectivity index (χ3n) is 4.32. The molecule has 25 heavy (non-hydrogen) atoms. The first kappa shape index (κ1) is 18.3. The van der Waals surface area contributed by atoms with Gasteiger partial charge in [-0.2, -0.15) is 0 Å². The number of thioether (sulfide) groups is 1. The largest absolute Gasteiger partial charge is 0.306 e. The van der Waals surface area contributed by atoms with Gasteiger partial charge in [-0.05, 0) is 26.2 Å². The summed E-state index contributed by atoms with van der Waals surface area (Å²) in [4.78, 5) is 12.2.